The molecule has 8 heteroatoms. The molecular formula is C24H43N5O3. The molecule has 8 nitrogen and oxygen atoms in total. The lowest BCUT2D eigenvalue weighted by Gasteiger charge is -2.37. The second-order valence-electron chi connectivity index (χ2n) is 8.06. The molecule has 0 saturated carbocycles. The summed E-state index contributed by atoms with van der Waals surface area (Å²) in [5.41, 5.74) is 1.15. The molecule has 0 aliphatic carbocycles. The van der Waals surface area contributed by atoms with Gasteiger partial charge in [-0.3, -0.25) is 14.8 Å². The third-order valence-electron chi connectivity index (χ3n) is 6.08. The maximum absolute atomic E-state index is 5.50. The first-order valence-corrected chi connectivity index (χ1v) is 11.8. The molecule has 1 aliphatic rings. The van der Waals surface area contributed by atoms with Crippen molar-refractivity contribution in [2.45, 2.75) is 40.3 Å². The first-order valence-electron chi connectivity index (χ1n) is 11.8. The number of likely N-dealkylation sites (N-methyl/N-ethyl adjacent to an activating group) is 1. The van der Waals surface area contributed by atoms with Crippen LogP contribution >= 0.6 is 0 Å². The number of aliphatic imine (C=N–C) groups is 1. The minimum atomic E-state index is 0.444. The molecule has 1 unspecified atom stereocenters. The van der Waals surface area contributed by atoms with Gasteiger partial charge in [-0.2, -0.15) is 0 Å². The van der Waals surface area contributed by atoms with E-state index < -0.39 is 0 Å². The van der Waals surface area contributed by atoms with Gasteiger partial charge in [0.1, 0.15) is 0 Å². The van der Waals surface area contributed by atoms with Crippen molar-refractivity contribution in [3.05, 3.63) is 17.7 Å². The Balaban J connectivity index is 1.99. The standard InChI is InChI=1S/C24H43N5O3/c1-8-25-24(26-17-19(4)28(9-2)10-3)29-13-11-27(12-14-29)18-20-15-21(30-5)23(32-7)22(16-20)31-6/h15-16,19H,8-14,17-18H2,1-7H3,(H,25,26). The van der Waals surface area contributed by atoms with Crippen LogP contribution < -0.4 is 19.5 Å². The van der Waals surface area contributed by atoms with E-state index in [-0.39, 0.29) is 0 Å². The van der Waals surface area contributed by atoms with Gasteiger partial charge in [0.25, 0.3) is 0 Å². The van der Waals surface area contributed by atoms with E-state index in [0.29, 0.717) is 23.3 Å². The van der Waals surface area contributed by atoms with Crippen LogP contribution in [0.3, 0.4) is 0 Å². The van der Waals surface area contributed by atoms with E-state index in [0.717, 1.165) is 70.4 Å². The number of rotatable bonds is 11. The molecule has 1 saturated heterocycles. The van der Waals surface area contributed by atoms with Crippen LogP contribution in [-0.4, -0.2) is 100 Å². The number of ether oxygens (including phenoxy) is 3. The van der Waals surface area contributed by atoms with Crippen molar-refractivity contribution in [2.75, 3.05) is 73.7 Å². The Labute approximate surface area is 194 Å². The molecule has 32 heavy (non-hydrogen) atoms. The van der Waals surface area contributed by atoms with Crippen LogP contribution in [0.4, 0.5) is 0 Å². The fourth-order valence-electron chi connectivity index (χ4n) is 4.21. The fourth-order valence-corrected chi connectivity index (χ4v) is 4.21. The lowest BCUT2D eigenvalue weighted by molar-refractivity contribution is 0.171. The third kappa shape index (κ3) is 6.90. The van der Waals surface area contributed by atoms with E-state index in [2.05, 4.69) is 47.7 Å². The van der Waals surface area contributed by atoms with Gasteiger partial charge in [-0.25, -0.2) is 0 Å². The van der Waals surface area contributed by atoms with Crippen molar-refractivity contribution in [2.24, 2.45) is 4.99 Å². The largest absolute Gasteiger partial charge is 0.493 e. The first-order chi connectivity index (χ1) is 15.5. The molecule has 0 amide bonds. The van der Waals surface area contributed by atoms with Gasteiger partial charge in [0.05, 0.1) is 27.9 Å². The Morgan fingerprint density at radius 3 is 2.06 bits per heavy atom. The topological polar surface area (TPSA) is 61.8 Å². The van der Waals surface area contributed by atoms with Gasteiger partial charge in [-0.1, -0.05) is 13.8 Å². The Morgan fingerprint density at radius 2 is 1.59 bits per heavy atom. The SMILES string of the molecule is CCNC(=NCC(C)N(CC)CC)N1CCN(Cc2cc(OC)c(OC)c(OC)c2)CC1. The van der Waals surface area contributed by atoms with Crippen LogP contribution in [0, 0.1) is 0 Å². The Morgan fingerprint density at radius 1 is 1.00 bits per heavy atom. The van der Waals surface area contributed by atoms with E-state index in [1.807, 2.05) is 12.1 Å². The zero-order chi connectivity index (χ0) is 23.5. The summed E-state index contributed by atoms with van der Waals surface area (Å²) in [7, 11) is 4.94. The van der Waals surface area contributed by atoms with Gasteiger partial charge in [-0.05, 0) is 44.6 Å². The van der Waals surface area contributed by atoms with Crippen molar-refractivity contribution in [1.29, 1.82) is 0 Å². The van der Waals surface area contributed by atoms with E-state index in [1.54, 1.807) is 21.3 Å². The zero-order valence-corrected chi connectivity index (χ0v) is 21.1. The fraction of sp³-hybridized carbons (Fsp3) is 0.708. The van der Waals surface area contributed by atoms with Gasteiger partial charge in [0.2, 0.25) is 5.75 Å². The smallest absolute Gasteiger partial charge is 0.203 e. The first kappa shape index (κ1) is 26.1. The summed E-state index contributed by atoms with van der Waals surface area (Å²) in [6.45, 7) is 17.3. The summed E-state index contributed by atoms with van der Waals surface area (Å²) in [5, 5.41) is 3.48. The Kier molecular flexibility index (Phi) is 10.9. The highest BCUT2D eigenvalue weighted by Gasteiger charge is 2.21. The zero-order valence-electron chi connectivity index (χ0n) is 21.1. The Bertz CT molecular complexity index is 691. The van der Waals surface area contributed by atoms with Gasteiger partial charge < -0.3 is 24.4 Å². The molecule has 1 heterocycles. The number of hydrogen-bond donors (Lipinski definition) is 1. The number of benzene rings is 1. The van der Waals surface area contributed by atoms with E-state index in [9.17, 15) is 0 Å². The highest BCUT2D eigenvalue weighted by atomic mass is 16.5. The second kappa shape index (κ2) is 13.4. The third-order valence-corrected chi connectivity index (χ3v) is 6.08. The normalized spacial score (nSPS) is 16.2. The highest BCUT2D eigenvalue weighted by Crippen LogP contribution is 2.38. The van der Waals surface area contributed by atoms with Crippen LogP contribution in [-0.2, 0) is 6.54 Å². The number of piperazine rings is 1. The molecule has 0 spiro atoms. The van der Waals surface area contributed by atoms with Gasteiger partial charge >= 0.3 is 0 Å². The molecule has 2 rings (SSSR count). The molecule has 0 bridgehead atoms. The summed E-state index contributed by atoms with van der Waals surface area (Å²) in [6, 6.07) is 4.52. The molecule has 1 fully saturated rings. The van der Waals surface area contributed by atoms with Gasteiger partial charge in [-0.15, -0.1) is 0 Å². The maximum atomic E-state index is 5.50. The van der Waals surface area contributed by atoms with E-state index in [1.165, 1.54) is 0 Å². The summed E-state index contributed by atoms with van der Waals surface area (Å²) in [6.07, 6.45) is 0. The predicted molar refractivity (Wildman–Crippen MR) is 131 cm³/mol. The lowest BCUT2D eigenvalue weighted by atomic mass is 10.1. The average molecular weight is 450 g/mol. The summed E-state index contributed by atoms with van der Waals surface area (Å²) < 4.78 is 16.4. The van der Waals surface area contributed by atoms with Crippen LogP contribution in [0.2, 0.25) is 0 Å². The highest BCUT2D eigenvalue weighted by molar-refractivity contribution is 5.80. The predicted octanol–water partition coefficient (Wildman–Crippen LogP) is 2.53. The van der Waals surface area contributed by atoms with Gasteiger partial charge in [0.15, 0.2) is 17.5 Å². The summed E-state index contributed by atoms with van der Waals surface area (Å²) >= 11 is 0. The monoisotopic (exact) mass is 449 g/mol. The van der Waals surface area contributed by atoms with Gasteiger partial charge in [0, 0.05) is 45.3 Å². The maximum Gasteiger partial charge on any atom is 0.203 e. The molecule has 1 aromatic carbocycles. The summed E-state index contributed by atoms with van der Waals surface area (Å²) in [5.74, 6) is 3.06. The lowest BCUT2D eigenvalue weighted by Crippen LogP contribution is -2.52. The molecule has 0 aromatic heterocycles. The number of nitrogens with zero attached hydrogens (tertiary/aromatic N) is 4. The minimum absolute atomic E-state index is 0.444. The molecular weight excluding hydrogens is 406 g/mol. The number of hydrogen-bond acceptors (Lipinski definition) is 6. The van der Waals surface area contributed by atoms with Crippen LogP contribution in [0.25, 0.3) is 0 Å². The van der Waals surface area contributed by atoms with Crippen molar-refractivity contribution >= 4 is 5.96 Å². The number of methoxy groups -OCH3 is 3. The van der Waals surface area contributed by atoms with E-state index in [4.69, 9.17) is 19.2 Å². The van der Waals surface area contributed by atoms with Crippen LogP contribution in [0.1, 0.15) is 33.3 Å². The molecule has 1 aromatic rings. The minimum Gasteiger partial charge on any atom is -0.493 e. The van der Waals surface area contributed by atoms with Crippen LogP contribution in [0.15, 0.2) is 17.1 Å². The van der Waals surface area contributed by atoms with Crippen molar-refractivity contribution in [1.82, 2.24) is 20.0 Å². The summed E-state index contributed by atoms with van der Waals surface area (Å²) in [4.78, 5) is 12.2. The van der Waals surface area contributed by atoms with E-state index >= 15 is 0 Å². The molecule has 1 aliphatic heterocycles. The average Bonchev–Trinajstić information content (AvgIpc) is 2.82. The van der Waals surface area contributed by atoms with Crippen molar-refractivity contribution < 1.29 is 14.2 Å². The molecule has 182 valence electrons. The van der Waals surface area contributed by atoms with Crippen molar-refractivity contribution in [3.63, 3.8) is 0 Å². The quantitative estimate of drug-likeness (QED) is 0.411. The Hall–Kier alpha value is -2.19. The molecule has 1 N–H and O–H groups in total. The molecule has 0 radical (unpaired) electrons. The number of nitrogens with one attached hydrogen (secondary N) is 1. The number of guanidine groups is 1. The second-order valence-corrected chi connectivity index (χ2v) is 8.06. The molecule has 1 atom stereocenters. The van der Waals surface area contributed by atoms with Crippen molar-refractivity contribution in [3.8, 4) is 17.2 Å². The van der Waals surface area contributed by atoms with Crippen LogP contribution in [0.5, 0.6) is 17.2 Å².